The van der Waals surface area contributed by atoms with Crippen molar-refractivity contribution in [3.8, 4) is 11.3 Å². The average molecular weight is 544 g/mol. The molecule has 0 saturated carbocycles. The molecule has 1 aromatic carbocycles. The van der Waals surface area contributed by atoms with Crippen molar-refractivity contribution in [1.29, 1.82) is 0 Å². The number of halogens is 3. The van der Waals surface area contributed by atoms with E-state index >= 15 is 0 Å². The van der Waals surface area contributed by atoms with Gasteiger partial charge in [0.2, 0.25) is 11.9 Å². The van der Waals surface area contributed by atoms with Gasteiger partial charge in [0.1, 0.15) is 11.6 Å². The van der Waals surface area contributed by atoms with E-state index < -0.39 is 11.7 Å². The monoisotopic (exact) mass is 543 g/mol. The van der Waals surface area contributed by atoms with Crippen LogP contribution in [0.2, 0.25) is 10.0 Å². The SMILES string of the molecule is CC1CCCN1c1nc(-c2ccc(F)c(Cl)c2)cc(N2CCN(Cc3ncc(C(N)=O)cc3Cl)CC2)n1. The average Bonchev–Trinajstić information content (AvgIpc) is 3.32. The molecule has 2 saturated heterocycles. The summed E-state index contributed by atoms with van der Waals surface area (Å²) in [5, 5.41) is 0.500. The third kappa shape index (κ3) is 5.63. The lowest BCUT2D eigenvalue weighted by molar-refractivity contribution is 0.1000. The van der Waals surface area contributed by atoms with Crippen molar-refractivity contribution in [3.05, 3.63) is 63.6 Å². The number of hydrogen-bond donors (Lipinski definition) is 1. The molecular weight excluding hydrogens is 516 g/mol. The van der Waals surface area contributed by atoms with E-state index in [9.17, 15) is 9.18 Å². The molecule has 2 aliphatic heterocycles. The molecule has 0 bridgehead atoms. The summed E-state index contributed by atoms with van der Waals surface area (Å²) in [4.78, 5) is 32.2. The highest BCUT2D eigenvalue weighted by Gasteiger charge is 2.26. The van der Waals surface area contributed by atoms with Gasteiger partial charge in [-0.1, -0.05) is 23.2 Å². The maximum atomic E-state index is 13.8. The number of benzene rings is 1. The Morgan fingerprint density at radius 2 is 1.86 bits per heavy atom. The van der Waals surface area contributed by atoms with Crippen LogP contribution >= 0.6 is 23.2 Å². The van der Waals surface area contributed by atoms with Crippen LogP contribution in [0.3, 0.4) is 0 Å². The minimum absolute atomic E-state index is 0.0681. The molecule has 37 heavy (non-hydrogen) atoms. The molecule has 11 heteroatoms. The number of nitrogens with zero attached hydrogens (tertiary/aromatic N) is 6. The standard InChI is InChI=1S/C26H28Cl2FN7O/c1-16-3-2-6-36(16)26-32-22(17-4-5-21(29)19(27)11-17)13-24(33-26)35-9-7-34(8-10-35)15-23-20(28)12-18(14-31-23)25(30)37/h4-5,11-14,16H,2-3,6-10,15H2,1H3,(H2,30,37). The second-order valence-electron chi connectivity index (χ2n) is 9.50. The van der Waals surface area contributed by atoms with E-state index in [0.29, 0.717) is 40.5 Å². The molecule has 2 aromatic heterocycles. The predicted molar refractivity (Wildman–Crippen MR) is 144 cm³/mol. The normalized spacial score (nSPS) is 18.4. The lowest BCUT2D eigenvalue weighted by Crippen LogP contribution is -2.46. The van der Waals surface area contributed by atoms with E-state index in [4.69, 9.17) is 38.9 Å². The van der Waals surface area contributed by atoms with Crippen LogP contribution in [0, 0.1) is 5.82 Å². The van der Waals surface area contributed by atoms with E-state index in [1.54, 1.807) is 18.2 Å². The highest BCUT2D eigenvalue weighted by atomic mass is 35.5. The van der Waals surface area contributed by atoms with Crippen LogP contribution in [-0.4, -0.2) is 64.5 Å². The molecule has 3 aromatic rings. The summed E-state index contributed by atoms with van der Waals surface area (Å²) in [5.41, 5.74) is 7.79. The van der Waals surface area contributed by atoms with Crippen LogP contribution in [0.4, 0.5) is 16.2 Å². The van der Waals surface area contributed by atoms with Gasteiger partial charge in [0.05, 0.1) is 27.0 Å². The number of piperazine rings is 1. The van der Waals surface area contributed by atoms with Crippen LogP contribution in [-0.2, 0) is 6.54 Å². The van der Waals surface area contributed by atoms with Gasteiger partial charge in [-0.15, -0.1) is 0 Å². The summed E-state index contributed by atoms with van der Waals surface area (Å²) >= 11 is 12.4. The van der Waals surface area contributed by atoms with E-state index in [2.05, 4.69) is 26.6 Å². The Hall–Kier alpha value is -3.01. The van der Waals surface area contributed by atoms with Gasteiger partial charge >= 0.3 is 0 Å². The number of pyridine rings is 1. The zero-order valence-corrected chi connectivity index (χ0v) is 22.0. The fraction of sp³-hybridized carbons (Fsp3) is 0.385. The molecular formula is C26H28Cl2FN7O. The number of aromatic nitrogens is 3. The van der Waals surface area contributed by atoms with Crippen molar-refractivity contribution in [2.45, 2.75) is 32.4 Å². The van der Waals surface area contributed by atoms with E-state index in [-0.39, 0.29) is 5.02 Å². The second-order valence-corrected chi connectivity index (χ2v) is 10.3. The Balaban J connectivity index is 1.35. The molecule has 0 radical (unpaired) electrons. The molecule has 0 aliphatic carbocycles. The number of hydrogen-bond acceptors (Lipinski definition) is 7. The van der Waals surface area contributed by atoms with Gasteiger partial charge in [-0.25, -0.2) is 9.37 Å². The molecule has 4 heterocycles. The Morgan fingerprint density at radius 1 is 1.08 bits per heavy atom. The van der Waals surface area contributed by atoms with Crippen LogP contribution in [0.5, 0.6) is 0 Å². The Kier molecular flexibility index (Phi) is 7.46. The Labute approximate surface area is 225 Å². The fourth-order valence-corrected chi connectivity index (χ4v) is 5.22. The first-order valence-electron chi connectivity index (χ1n) is 12.3. The molecule has 1 unspecified atom stereocenters. The van der Waals surface area contributed by atoms with Crippen molar-refractivity contribution in [2.75, 3.05) is 42.5 Å². The van der Waals surface area contributed by atoms with Gasteiger partial charge in [-0.05, 0) is 44.0 Å². The van der Waals surface area contributed by atoms with Crippen LogP contribution in [0.25, 0.3) is 11.3 Å². The predicted octanol–water partition coefficient (Wildman–Crippen LogP) is 4.39. The zero-order chi connectivity index (χ0) is 26.1. The molecule has 2 aliphatic rings. The lowest BCUT2D eigenvalue weighted by Gasteiger charge is -2.36. The summed E-state index contributed by atoms with van der Waals surface area (Å²) in [6.45, 7) is 6.75. The van der Waals surface area contributed by atoms with Gasteiger partial charge in [0.15, 0.2) is 0 Å². The van der Waals surface area contributed by atoms with Crippen molar-refractivity contribution in [2.24, 2.45) is 5.73 Å². The topological polar surface area (TPSA) is 91.5 Å². The number of amides is 1. The summed E-state index contributed by atoms with van der Waals surface area (Å²) in [7, 11) is 0. The second kappa shape index (κ2) is 10.8. The largest absolute Gasteiger partial charge is 0.366 e. The van der Waals surface area contributed by atoms with Crippen molar-refractivity contribution >= 4 is 40.9 Å². The first kappa shape index (κ1) is 25.6. The van der Waals surface area contributed by atoms with Gasteiger partial charge < -0.3 is 15.5 Å². The summed E-state index contributed by atoms with van der Waals surface area (Å²) in [6.07, 6.45) is 3.66. The minimum atomic E-state index is -0.551. The molecule has 194 valence electrons. The van der Waals surface area contributed by atoms with Gasteiger partial charge in [0.25, 0.3) is 0 Å². The van der Waals surface area contributed by atoms with Gasteiger partial charge in [-0.3, -0.25) is 14.7 Å². The molecule has 8 nitrogen and oxygen atoms in total. The maximum Gasteiger partial charge on any atom is 0.250 e. The molecule has 2 N–H and O–H groups in total. The van der Waals surface area contributed by atoms with E-state index in [1.165, 1.54) is 12.3 Å². The Morgan fingerprint density at radius 3 is 2.51 bits per heavy atom. The Bertz CT molecular complexity index is 1320. The van der Waals surface area contributed by atoms with Crippen LogP contribution < -0.4 is 15.5 Å². The van der Waals surface area contributed by atoms with E-state index in [0.717, 1.165) is 56.9 Å². The highest BCUT2D eigenvalue weighted by molar-refractivity contribution is 6.31. The molecule has 1 atom stereocenters. The number of nitrogens with two attached hydrogens (primary N) is 1. The highest BCUT2D eigenvalue weighted by Crippen LogP contribution is 2.31. The minimum Gasteiger partial charge on any atom is -0.366 e. The van der Waals surface area contributed by atoms with Gasteiger partial charge in [-0.2, -0.15) is 4.98 Å². The molecule has 5 rings (SSSR count). The number of carbonyl (C=O) groups is 1. The van der Waals surface area contributed by atoms with E-state index in [1.807, 2.05) is 6.07 Å². The zero-order valence-electron chi connectivity index (χ0n) is 20.5. The van der Waals surface area contributed by atoms with Crippen LogP contribution in [0.15, 0.2) is 36.5 Å². The smallest absolute Gasteiger partial charge is 0.250 e. The molecule has 1 amide bonds. The lowest BCUT2D eigenvalue weighted by atomic mass is 10.1. The van der Waals surface area contributed by atoms with Crippen molar-refractivity contribution < 1.29 is 9.18 Å². The summed E-state index contributed by atoms with van der Waals surface area (Å²) in [6, 6.07) is 8.54. The van der Waals surface area contributed by atoms with Gasteiger partial charge in [0, 0.05) is 63.1 Å². The molecule has 2 fully saturated rings. The van der Waals surface area contributed by atoms with Crippen LogP contribution in [0.1, 0.15) is 35.8 Å². The third-order valence-corrected chi connectivity index (χ3v) is 7.61. The van der Waals surface area contributed by atoms with Crippen molar-refractivity contribution in [1.82, 2.24) is 19.9 Å². The fourth-order valence-electron chi connectivity index (χ4n) is 4.81. The number of rotatable bonds is 6. The first-order valence-corrected chi connectivity index (χ1v) is 13.1. The first-order chi connectivity index (χ1) is 17.8. The van der Waals surface area contributed by atoms with Crippen molar-refractivity contribution in [3.63, 3.8) is 0 Å². The quantitative estimate of drug-likeness (QED) is 0.492. The summed E-state index contributed by atoms with van der Waals surface area (Å²) in [5.74, 6) is 0.513. The number of anilines is 2. The maximum absolute atomic E-state index is 13.8. The number of carbonyl (C=O) groups excluding carboxylic acids is 1. The summed E-state index contributed by atoms with van der Waals surface area (Å²) < 4.78 is 13.8. The number of primary amides is 1. The molecule has 0 spiro atoms. The third-order valence-electron chi connectivity index (χ3n) is 7.00.